The van der Waals surface area contributed by atoms with Crippen molar-refractivity contribution in [2.45, 2.75) is 12.8 Å². The fourth-order valence-electron chi connectivity index (χ4n) is 1.79. The lowest BCUT2D eigenvalue weighted by atomic mass is 10.1. The number of hydrogen-bond donors (Lipinski definition) is 2. The van der Waals surface area contributed by atoms with Crippen LogP contribution in [0.15, 0.2) is 36.4 Å². The molecule has 21 heavy (non-hydrogen) atoms. The van der Waals surface area contributed by atoms with Crippen LogP contribution in [0.5, 0.6) is 17.2 Å². The van der Waals surface area contributed by atoms with Gasteiger partial charge in [0.15, 0.2) is 11.5 Å². The minimum Gasteiger partial charge on any atom is -0.505 e. The second-order valence-electron chi connectivity index (χ2n) is 4.50. The van der Waals surface area contributed by atoms with Crippen molar-refractivity contribution in [1.29, 1.82) is 5.26 Å². The molecule has 0 spiro atoms. The molecule has 0 aliphatic rings. The van der Waals surface area contributed by atoms with Gasteiger partial charge in [-0.05, 0) is 30.3 Å². The van der Waals surface area contributed by atoms with Crippen molar-refractivity contribution in [2.24, 2.45) is 0 Å². The van der Waals surface area contributed by atoms with Crippen LogP contribution in [0.1, 0.15) is 18.1 Å². The normalized spacial score (nSPS) is 11.0. The number of phenols is 1. The van der Waals surface area contributed by atoms with Crippen LogP contribution >= 0.6 is 0 Å². The molecule has 2 aromatic carbocycles. The summed E-state index contributed by atoms with van der Waals surface area (Å²) in [5.41, 5.74) is 5.15. The zero-order valence-electron chi connectivity index (χ0n) is 11.1. The number of hydrogen-bond acceptors (Lipinski definition) is 4. The molecule has 0 bridgehead atoms. The third-order valence-electron chi connectivity index (χ3n) is 2.84. The summed E-state index contributed by atoms with van der Waals surface area (Å²) >= 11 is 0. The molecule has 0 aromatic heterocycles. The molecule has 3 N–H and O–H groups in total. The lowest BCUT2D eigenvalue weighted by molar-refractivity contribution is 0.0152. The second-order valence-corrected chi connectivity index (χ2v) is 4.50. The Kier molecular flexibility index (Phi) is 3.68. The van der Waals surface area contributed by atoms with E-state index in [0.29, 0.717) is 18.2 Å². The number of nitriles is 1. The summed E-state index contributed by atoms with van der Waals surface area (Å²) in [6.07, 6.45) is 0. The lowest BCUT2D eigenvalue weighted by Gasteiger charge is -2.16. The van der Waals surface area contributed by atoms with E-state index < -0.39 is 17.2 Å². The number of rotatable bonds is 3. The molecule has 0 radical (unpaired) electrons. The first kappa shape index (κ1) is 14.6. The second kappa shape index (κ2) is 5.29. The zero-order valence-corrected chi connectivity index (χ0v) is 11.1. The van der Waals surface area contributed by atoms with Crippen LogP contribution in [0.25, 0.3) is 0 Å². The molecule has 2 rings (SSSR count). The Hall–Kier alpha value is -2.81. The van der Waals surface area contributed by atoms with E-state index in [2.05, 4.69) is 0 Å². The summed E-state index contributed by atoms with van der Waals surface area (Å²) in [7, 11) is 0. The molecule has 0 amide bonds. The van der Waals surface area contributed by atoms with Crippen molar-refractivity contribution >= 4 is 5.69 Å². The first-order valence-electron chi connectivity index (χ1n) is 6.00. The molecule has 0 aliphatic carbocycles. The molecule has 0 aliphatic heterocycles. The average Bonchev–Trinajstić information content (AvgIpc) is 2.43. The van der Waals surface area contributed by atoms with Crippen LogP contribution in [-0.2, 0) is 5.92 Å². The number of nitrogens with zero attached hydrogens (tertiary/aromatic N) is 1. The van der Waals surface area contributed by atoms with Gasteiger partial charge in [-0.3, -0.25) is 0 Å². The first-order valence-corrected chi connectivity index (χ1v) is 6.00. The van der Waals surface area contributed by atoms with Crippen LogP contribution < -0.4 is 10.5 Å². The predicted molar refractivity (Wildman–Crippen MR) is 73.3 cm³/mol. The third-order valence-corrected chi connectivity index (χ3v) is 2.84. The molecule has 0 unspecified atom stereocenters. The fraction of sp³-hybridized carbons (Fsp3) is 0.133. The van der Waals surface area contributed by atoms with E-state index in [-0.39, 0.29) is 11.4 Å². The monoisotopic (exact) mass is 290 g/mol. The molecule has 0 fully saturated rings. The van der Waals surface area contributed by atoms with Gasteiger partial charge >= 0.3 is 0 Å². The Morgan fingerprint density at radius 1 is 1.29 bits per heavy atom. The van der Waals surface area contributed by atoms with E-state index in [9.17, 15) is 13.9 Å². The van der Waals surface area contributed by atoms with Gasteiger partial charge in [0.25, 0.3) is 5.92 Å². The minimum absolute atomic E-state index is 0.0376. The fourth-order valence-corrected chi connectivity index (χ4v) is 1.79. The van der Waals surface area contributed by atoms with Gasteiger partial charge in [-0.2, -0.15) is 5.26 Å². The molecule has 4 nitrogen and oxygen atoms in total. The highest BCUT2D eigenvalue weighted by atomic mass is 19.3. The maximum absolute atomic E-state index is 13.3. The molecule has 0 saturated carbocycles. The predicted octanol–water partition coefficient (Wildman–Crippen LogP) is 3.75. The largest absolute Gasteiger partial charge is 0.505 e. The third kappa shape index (κ3) is 3.03. The van der Waals surface area contributed by atoms with E-state index in [1.54, 1.807) is 18.2 Å². The number of benzene rings is 2. The van der Waals surface area contributed by atoms with E-state index >= 15 is 0 Å². The van der Waals surface area contributed by atoms with Crippen molar-refractivity contribution in [3.05, 3.63) is 47.5 Å². The van der Waals surface area contributed by atoms with Crippen molar-refractivity contribution in [1.82, 2.24) is 0 Å². The van der Waals surface area contributed by atoms with Gasteiger partial charge in [-0.15, -0.1) is 0 Å². The number of aromatic hydroxyl groups is 1. The maximum atomic E-state index is 13.3. The van der Waals surface area contributed by atoms with Crippen molar-refractivity contribution < 1.29 is 18.6 Å². The Labute approximate surface area is 120 Å². The summed E-state index contributed by atoms with van der Waals surface area (Å²) in [6.45, 7) is 0.665. The summed E-state index contributed by atoms with van der Waals surface area (Å²) in [6, 6.07) is 10.5. The topological polar surface area (TPSA) is 79.3 Å². The van der Waals surface area contributed by atoms with Crippen molar-refractivity contribution in [3.8, 4) is 23.3 Å². The number of halogens is 2. The van der Waals surface area contributed by atoms with Crippen LogP contribution in [-0.4, -0.2) is 5.11 Å². The van der Waals surface area contributed by atoms with Crippen LogP contribution in [0.3, 0.4) is 0 Å². The molecule has 0 atom stereocenters. The van der Waals surface area contributed by atoms with Crippen LogP contribution in [0.2, 0.25) is 0 Å². The van der Waals surface area contributed by atoms with Gasteiger partial charge in [0.2, 0.25) is 0 Å². The van der Waals surface area contributed by atoms with E-state index in [4.69, 9.17) is 15.7 Å². The Bertz CT molecular complexity index is 719. The lowest BCUT2D eigenvalue weighted by Crippen LogP contribution is -2.08. The molecular formula is C15H12F2N2O2. The molecule has 6 heteroatoms. The van der Waals surface area contributed by atoms with Crippen molar-refractivity contribution in [3.63, 3.8) is 0 Å². The summed E-state index contributed by atoms with van der Waals surface area (Å²) < 4.78 is 31.9. The van der Waals surface area contributed by atoms with Gasteiger partial charge in [-0.1, -0.05) is 6.07 Å². The molecule has 0 heterocycles. The number of alkyl halides is 2. The highest BCUT2D eigenvalue weighted by Crippen LogP contribution is 2.42. The first-order chi connectivity index (χ1) is 9.82. The highest BCUT2D eigenvalue weighted by Gasteiger charge is 2.30. The van der Waals surface area contributed by atoms with E-state index in [0.717, 1.165) is 6.07 Å². The molecule has 108 valence electrons. The highest BCUT2D eigenvalue weighted by molar-refractivity contribution is 5.66. The Morgan fingerprint density at radius 3 is 2.62 bits per heavy atom. The minimum atomic E-state index is -3.21. The number of anilines is 1. The standard InChI is InChI=1S/C15H12F2N2O2/c1-15(16,17)11-5-6-12(13(19)14(11)20)21-10-4-2-3-9(7-10)8-18/h2-7,20H,19H2,1H3. The van der Waals surface area contributed by atoms with Gasteiger partial charge in [-0.25, -0.2) is 8.78 Å². The van der Waals surface area contributed by atoms with Gasteiger partial charge in [0, 0.05) is 6.92 Å². The SMILES string of the molecule is CC(F)(F)c1ccc(Oc2cccc(C#N)c2)c(N)c1O. The number of nitrogens with two attached hydrogens (primary N) is 1. The maximum Gasteiger partial charge on any atom is 0.274 e. The molecule has 2 aromatic rings. The van der Waals surface area contributed by atoms with Crippen LogP contribution in [0, 0.1) is 11.3 Å². The number of nitrogen functional groups attached to an aromatic ring is 1. The van der Waals surface area contributed by atoms with E-state index in [1.807, 2.05) is 6.07 Å². The van der Waals surface area contributed by atoms with Gasteiger partial charge in [0.1, 0.15) is 11.4 Å². The molecule has 0 saturated heterocycles. The van der Waals surface area contributed by atoms with Gasteiger partial charge in [0.05, 0.1) is 17.2 Å². The zero-order chi connectivity index (χ0) is 15.6. The van der Waals surface area contributed by atoms with Crippen LogP contribution in [0.4, 0.5) is 14.5 Å². The smallest absolute Gasteiger partial charge is 0.274 e. The summed E-state index contributed by atoms with van der Waals surface area (Å²) in [4.78, 5) is 0. The average molecular weight is 290 g/mol. The quantitative estimate of drug-likeness (QED) is 0.666. The Balaban J connectivity index is 2.38. The summed E-state index contributed by atoms with van der Waals surface area (Å²) in [5.74, 6) is -3.57. The number of phenolic OH excluding ortho intramolecular Hbond substituents is 1. The number of ether oxygens (including phenoxy) is 1. The van der Waals surface area contributed by atoms with Gasteiger partial charge < -0.3 is 15.6 Å². The Morgan fingerprint density at radius 2 is 2.00 bits per heavy atom. The summed E-state index contributed by atoms with van der Waals surface area (Å²) in [5, 5.41) is 18.6. The van der Waals surface area contributed by atoms with Crippen molar-refractivity contribution in [2.75, 3.05) is 5.73 Å². The molecular weight excluding hydrogens is 278 g/mol. The van der Waals surface area contributed by atoms with E-state index in [1.165, 1.54) is 12.1 Å².